The summed E-state index contributed by atoms with van der Waals surface area (Å²) in [6, 6.07) is 17.8. The minimum atomic E-state index is -0.344. The summed E-state index contributed by atoms with van der Waals surface area (Å²) in [5, 5.41) is 11.9. The van der Waals surface area contributed by atoms with Crippen molar-refractivity contribution in [1.29, 1.82) is 5.26 Å². The van der Waals surface area contributed by atoms with E-state index in [0.717, 1.165) is 5.56 Å². The van der Waals surface area contributed by atoms with Crippen LogP contribution in [0.1, 0.15) is 27.4 Å². The Morgan fingerprint density at radius 1 is 1.07 bits per heavy atom. The smallest absolute Gasteiger partial charge is 0.287 e. The number of nitrogens with zero attached hydrogens (tertiary/aromatic N) is 1. The summed E-state index contributed by atoms with van der Waals surface area (Å²) >= 11 is 0. The molecule has 0 radical (unpaired) electrons. The lowest BCUT2D eigenvalue weighted by atomic mass is 10.1. The molecule has 2 aromatic carbocycles. The third kappa shape index (κ3) is 4.17. The van der Waals surface area contributed by atoms with Gasteiger partial charge in [-0.1, -0.05) is 24.3 Å². The van der Waals surface area contributed by atoms with Crippen molar-refractivity contribution in [2.24, 2.45) is 0 Å². The average Bonchev–Trinajstić information content (AvgIpc) is 3.25. The number of carbonyl (C=O) groups excluding carboxylic acids is 1. The van der Waals surface area contributed by atoms with E-state index in [2.05, 4.69) is 11.4 Å². The molecule has 1 aromatic heterocycles. The zero-order chi connectivity index (χ0) is 20.1. The van der Waals surface area contributed by atoms with E-state index in [1.807, 2.05) is 18.2 Å². The van der Waals surface area contributed by atoms with Gasteiger partial charge in [-0.25, -0.2) is 0 Å². The van der Waals surface area contributed by atoms with E-state index in [1.165, 1.54) is 0 Å². The van der Waals surface area contributed by atoms with Gasteiger partial charge in [0.05, 0.1) is 5.56 Å². The van der Waals surface area contributed by atoms with Crippen LogP contribution in [0.4, 0.5) is 0 Å². The molecular formula is C22H18N2O5. The van der Waals surface area contributed by atoms with Gasteiger partial charge in [-0.05, 0) is 30.3 Å². The quantitative estimate of drug-likeness (QED) is 0.693. The van der Waals surface area contributed by atoms with Crippen molar-refractivity contribution in [2.45, 2.75) is 13.2 Å². The number of hydrogen-bond donors (Lipinski definition) is 1. The molecule has 29 heavy (non-hydrogen) atoms. The first kappa shape index (κ1) is 18.4. The molecule has 146 valence electrons. The summed E-state index contributed by atoms with van der Waals surface area (Å²) in [6.07, 6.45) is 0. The van der Waals surface area contributed by atoms with Gasteiger partial charge >= 0.3 is 0 Å². The van der Waals surface area contributed by atoms with Gasteiger partial charge in [-0.3, -0.25) is 4.79 Å². The van der Waals surface area contributed by atoms with Crippen LogP contribution in [0.3, 0.4) is 0 Å². The molecule has 2 heterocycles. The molecule has 1 amide bonds. The predicted octanol–water partition coefficient (Wildman–Crippen LogP) is 3.43. The van der Waals surface area contributed by atoms with E-state index in [4.69, 9.17) is 23.9 Å². The third-order valence-corrected chi connectivity index (χ3v) is 4.35. The number of hydrogen-bond acceptors (Lipinski definition) is 6. The van der Waals surface area contributed by atoms with Gasteiger partial charge in [0, 0.05) is 12.1 Å². The van der Waals surface area contributed by atoms with Gasteiger partial charge < -0.3 is 23.9 Å². The second kappa shape index (κ2) is 8.40. The van der Waals surface area contributed by atoms with E-state index >= 15 is 0 Å². The first-order valence-corrected chi connectivity index (χ1v) is 9.11. The fourth-order valence-corrected chi connectivity index (χ4v) is 2.95. The highest BCUT2D eigenvalue weighted by molar-refractivity contribution is 5.91. The summed E-state index contributed by atoms with van der Waals surface area (Å²) in [5.41, 5.74) is 1.27. The van der Waals surface area contributed by atoms with Crippen molar-refractivity contribution in [1.82, 2.24) is 5.32 Å². The molecule has 1 N–H and O–H groups in total. The van der Waals surface area contributed by atoms with E-state index in [0.29, 0.717) is 41.8 Å². The lowest BCUT2D eigenvalue weighted by Crippen LogP contribution is -2.24. The van der Waals surface area contributed by atoms with E-state index in [-0.39, 0.29) is 24.8 Å². The molecule has 7 heteroatoms. The first-order chi connectivity index (χ1) is 14.2. The van der Waals surface area contributed by atoms with Crippen LogP contribution in [-0.2, 0) is 13.2 Å². The lowest BCUT2D eigenvalue weighted by Gasteiger charge is -2.20. The predicted molar refractivity (Wildman–Crippen MR) is 103 cm³/mol. The molecule has 0 saturated heterocycles. The highest BCUT2D eigenvalue weighted by atomic mass is 16.6. The molecule has 0 spiro atoms. The number of fused-ring (bicyclic) bond motifs is 1. The topological polar surface area (TPSA) is 93.7 Å². The summed E-state index contributed by atoms with van der Waals surface area (Å²) < 4.78 is 22.4. The molecule has 3 aromatic rings. The second-order valence-corrected chi connectivity index (χ2v) is 6.29. The SMILES string of the molecule is N#Cc1ccccc1OCc1ccc(C(=O)NCc2cccc3c2OCCO3)o1. The molecule has 0 aliphatic carbocycles. The molecule has 0 saturated carbocycles. The summed E-state index contributed by atoms with van der Waals surface area (Å²) in [6.45, 7) is 1.39. The Hall–Kier alpha value is -3.92. The number of benzene rings is 2. The number of amides is 1. The summed E-state index contributed by atoms with van der Waals surface area (Å²) in [5.74, 6) is 2.12. The largest absolute Gasteiger partial charge is 0.486 e. The fourth-order valence-electron chi connectivity index (χ4n) is 2.95. The Labute approximate surface area is 167 Å². The van der Waals surface area contributed by atoms with Crippen LogP contribution in [0.25, 0.3) is 0 Å². The normalized spacial score (nSPS) is 12.1. The van der Waals surface area contributed by atoms with Crippen LogP contribution in [0.2, 0.25) is 0 Å². The van der Waals surface area contributed by atoms with E-state index in [9.17, 15) is 4.79 Å². The number of rotatable bonds is 6. The van der Waals surface area contributed by atoms with Gasteiger partial charge in [-0.15, -0.1) is 0 Å². The zero-order valence-corrected chi connectivity index (χ0v) is 15.5. The van der Waals surface area contributed by atoms with Crippen LogP contribution in [0, 0.1) is 11.3 Å². The molecule has 1 aliphatic rings. The first-order valence-electron chi connectivity index (χ1n) is 9.11. The Morgan fingerprint density at radius 2 is 1.93 bits per heavy atom. The monoisotopic (exact) mass is 390 g/mol. The van der Waals surface area contributed by atoms with Gasteiger partial charge in [0.1, 0.15) is 37.4 Å². The van der Waals surface area contributed by atoms with Gasteiger partial charge in [0.2, 0.25) is 0 Å². The fraction of sp³-hybridized carbons (Fsp3) is 0.182. The third-order valence-electron chi connectivity index (χ3n) is 4.35. The van der Waals surface area contributed by atoms with Gasteiger partial charge in [-0.2, -0.15) is 5.26 Å². The van der Waals surface area contributed by atoms with Crippen molar-refractivity contribution in [2.75, 3.05) is 13.2 Å². The van der Waals surface area contributed by atoms with Crippen LogP contribution in [-0.4, -0.2) is 19.1 Å². The summed E-state index contributed by atoms with van der Waals surface area (Å²) in [7, 11) is 0. The Morgan fingerprint density at radius 3 is 2.83 bits per heavy atom. The van der Waals surface area contributed by atoms with Crippen molar-refractivity contribution in [3.63, 3.8) is 0 Å². The number of nitrogens with one attached hydrogen (secondary N) is 1. The number of nitriles is 1. The Bertz CT molecular complexity index is 1070. The minimum absolute atomic E-state index is 0.114. The maximum absolute atomic E-state index is 12.4. The number of ether oxygens (including phenoxy) is 3. The van der Waals surface area contributed by atoms with Crippen LogP contribution in [0.5, 0.6) is 17.2 Å². The average molecular weight is 390 g/mol. The molecule has 0 bridgehead atoms. The number of carbonyl (C=O) groups is 1. The van der Waals surface area contributed by atoms with Crippen molar-refractivity contribution in [3.05, 3.63) is 77.2 Å². The van der Waals surface area contributed by atoms with Crippen molar-refractivity contribution >= 4 is 5.91 Å². The molecule has 0 atom stereocenters. The molecule has 7 nitrogen and oxygen atoms in total. The van der Waals surface area contributed by atoms with Crippen LogP contribution >= 0.6 is 0 Å². The summed E-state index contributed by atoms with van der Waals surface area (Å²) in [4.78, 5) is 12.4. The molecule has 0 fully saturated rings. The van der Waals surface area contributed by atoms with E-state index < -0.39 is 0 Å². The second-order valence-electron chi connectivity index (χ2n) is 6.29. The highest BCUT2D eigenvalue weighted by Crippen LogP contribution is 2.33. The van der Waals surface area contributed by atoms with E-state index in [1.54, 1.807) is 36.4 Å². The Balaban J connectivity index is 1.36. The zero-order valence-electron chi connectivity index (χ0n) is 15.5. The van der Waals surface area contributed by atoms with Gasteiger partial charge in [0.15, 0.2) is 17.3 Å². The number of para-hydroxylation sites is 2. The Kier molecular flexibility index (Phi) is 5.34. The van der Waals surface area contributed by atoms with Crippen molar-refractivity contribution < 1.29 is 23.4 Å². The highest BCUT2D eigenvalue weighted by Gasteiger charge is 2.17. The maximum atomic E-state index is 12.4. The standard InChI is InChI=1S/C22H18N2O5/c23-12-15-4-1-2-6-18(15)28-14-17-8-9-20(29-17)22(25)24-13-16-5-3-7-19-21(16)27-11-10-26-19/h1-9H,10-11,13-14H2,(H,24,25). The molecular weight excluding hydrogens is 372 g/mol. The lowest BCUT2D eigenvalue weighted by molar-refractivity contribution is 0.0918. The van der Waals surface area contributed by atoms with Gasteiger partial charge in [0.25, 0.3) is 5.91 Å². The minimum Gasteiger partial charge on any atom is -0.486 e. The van der Waals surface area contributed by atoms with Crippen LogP contribution < -0.4 is 19.5 Å². The number of furan rings is 1. The maximum Gasteiger partial charge on any atom is 0.287 e. The molecule has 0 unspecified atom stereocenters. The molecule has 4 rings (SSSR count). The van der Waals surface area contributed by atoms with Crippen molar-refractivity contribution in [3.8, 4) is 23.3 Å². The molecule has 1 aliphatic heterocycles. The van der Waals surface area contributed by atoms with Crippen LogP contribution in [0.15, 0.2) is 59.0 Å².